The van der Waals surface area contributed by atoms with Gasteiger partial charge >= 0.3 is 0 Å². The molecule has 1 heterocycles. The van der Waals surface area contributed by atoms with Crippen LogP contribution in [-0.4, -0.2) is 21.9 Å². The first kappa shape index (κ1) is 18.2. The minimum Gasteiger partial charge on any atom is -0.348 e. The summed E-state index contributed by atoms with van der Waals surface area (Å²) in [5.41, 5.74) is 0.311. The average Bonchev–Trinajstić information content (AvgIpc) is 2.85. The molecule has 0 spiro atoms. The third-order valence-electron chi connectivity index (χ3n) is 4.45. The number of hydrogen-bond donors (Lipinski definition) is 2. The van der Waals surface area contributed by atoms with Gasteiger partial charge in [-0.05, 0) is 31.9 Å². The molecule has 0 atom stereocenters. The summed E-state index contributed by atoms with van der Waals surface area (Å²) in [5, 5.41) is 5.81. The zero-order valence-electron chi connectivity index (χ0n) is 14.7. The van der Waals surface area contributed by atoms with Crippen molar-refractivity contribution < 1.29 is 13.6 Å². The minimum atomic E-state index is -0.731. The van der Waals surface area contributed by atoms with Gasteiger partial charge in [0.1, 0.15) is 29.0 Å². The van der Waals surface area contributed by atoms with E-state index in [1.807, 2.05) is 0 Å². The SMILES string of the molecule is Cc1nc(Nc2ccc(F)cc2F)cc(C(=O)NC2CCCCCC2)n1. The molecule has 1 saturated carbocycles. The van der Waals surface area contributed by atoms with Crippen molar-refractivity contribution in [3.63, 3.8) is 0 Å². The van der Waals surface area contributed by atoms with Crippen molar-refractivity contribution in [2.45, 2.75) is 51.5 Å². The number of hydrogen-bond acceptors (Lipinski definition) is 4. The Morgan fingerprint density at radius 1 is 1.08 bits per heavy atom. The van der Waals surface area contributed by atoms with Gasteiger partial charge in [0.05, 0.1) is 5.69 Å². The first-order valence-electron chi connectivity index (χ1n) is 8.90. The van der Waals surface area contributed by atoms with Gasteiger partial charge in [-0.15, -0.1) is 0 Å². The van der Waals surface area contributed by atoms with Crippen LogP contribution in [0.3, 0.4) is 0 Å². The third kappa shape index (κ3) is 4.74. The van der Waals surface area contributed by atoms with Crippen molar-refractivity contribution in [2.75, 3.05) is 5.32 Å². The number of aromatic nitrogens is 2. The van der Waals surface area contributed by atoms with Crippen LogP contribution in [0, 0.1) is 18.6 Å². The summed E-state index contributed by atoms with van der Waals surface area (Å²) < 4.78 is 26.8. The van der Waals surface area contributed by atoms with Gasteiger partial charge in [0, 0.05) is 18.2 Å². The van der Waals surface area contributed by atoms with Gasteiger partial charge in [-0.1, -0.05) is 25.7 Å². The van der Waals surface area contributed by atoms with Gasteiger partial charge < -0.3 is 10.6 Å². The molecule has 7 heteroatoms. The molecule has 26 heavy (non-hydrogen) atoms. The van der Waals surface area contributed by atoms with Crippen LogP contribution in [0.4, 0.5) is 20.3 Å². The minimum absolute atomic E-state index is 0.0830. The zero-order valence-corrected chi connectivity index (χ0v) is 14.7. The molecular formula is C19H22F2N4O. The largest absolute Gasteiger partial charge is 0.348 e. The molecule has 2 aromatic rings. The summed E-state index contributed by atoms with van der Waals surface area (Å²) in [5.74, 6) is -0.969. The molecule has 3 rings (SSSR count). The van der Waals surface area contributed by atoms with Gasteiger partial charge in [-0.25, -0.2) is 18.7 Å². The molecule has 138 valence electrons. The Morgan fingerprint density at radius 2 is 1.81 bits per heavy atom. The normalized spacial score (nSPS) is 15.3. The molecule has 1 aromatic heterocycles. The van der Waals surface area contributed by atoms with Gasteiger partial charge in [0.25, 0.3) is 5.91 Å². The Bertz CT molecular complexity index is 789. The van der Waals surface area contributed by atoms with Crippen LogP contribution in [0.25, 0.3) is 0 Å². The lowest BCUT2D eigenvalue weighted by Gasteiger charge is -2.16. The number of rotatable bonds is 4. The predicted octanol–water partition coefficient (Wildman–Crippen LogP) is 4.26. The summed E-state index contributed by atoms with van der Waals surface area (Å²) in [6.07, 6.45) is 6.59. The number of halogens is 2. The maximum absolute atomic E-state index is 13.8. The molecular weight excluding hydrogens is 338 g/mol. The smallest absolute Gasteiger partial charge is 0.270 e. The molecule has 0 bridgehead atoms. The van der Waals surface area contributed by atoms with E-state index in [1.54, 1.807) is 6.92 Å². The first-order valence-corrected chi connectivity index (χ1v) is 8.90. The van der Waals surface area contributed by atoms with E-state index in [1.165, 1.54) is 25.0 Å². The van der Waals surface area contributed by atoms with E-state index in [9.17, 15) is 13.6 Å². The topological polar surface area (TPSA) is 66.9 Å². The van der Waals surface area contributed by atoms with E-state index in [-0.39, 0.29) is 29.1 Å². The highest BCUT2D eigenvalue weighted by Crippen LogP contribution is 2.21. The molecule has 1 aliphatic rings. The number of carbonyl (C=O) groups is 1. The second-order valence-electron chi connectivity index (χ2n) is 6.60. The second kappa shape index (κ2) is 8.21. The van der Waals surface area contributed by atoms with E-state index >= 15 is 0 Å². The average molecular weight is 360 g/mol. The number of carbonyl (C=O) groups excluding carboxylic acids is 1. The van der Waals surface area contributed by atoms with Crippen LogP contribution in [0.15, 0.2) is 24.3 Å². The summed E-state index contributed by atoms with van der Waals surface area (Å²) in [4.78, 5) is 20.9. The maximum atomic E-state index is 13.8. The Balaban J connectivity index is 1.75. The highest BCUT2D eigenvalue weighted by atomic mass is 19.1. The number of aryl methyl sites for hydroxylation is 1. The number of nitrogens with zero attached hydrogens (tertiary/aromatic N) is 2. The fourth-order valence-corrected chi connectivity index (χ4v) is 3.16. The van der Waals surface area contributed by atoms with Crippen molar-refractivity contribution >= 4 is 17.4 Å². The lowest BCUT2D eigenvalue weighted by atomic mass is 10.1. The molecule has 1 fully saturated rings. The van der Waals surface area contributed by atoms with Gasteiger partial charge in [-0.2, -0.15) is 0 Å². The summed E-state index contributed by atoms with van der Waals surface area (Å²) in [7, 11) is 0. The quantitative estimate of drug-likeness (QED) is 0.800. The van der Waals surface area contributed by atoms with Crippen LogP contribution in [-0.2, 0) is 0 Å². The van der Waals surface area contributed by atoms with Crippen molar-refractivity contribution in [2.24, 2.45) is 0 Å². The number of nitrogens with one attached hydrogen (secondary N) is 2. The molecule has 1 aromatic carbocycles. The predicted molar refractivity (Wildman–Crippen MR) is 95.4 cm³/mol. The summed E-state index contributed by atoms with van der Waals surface area (Å²) in [6, 6.07) is 4.86. The van der Waals surface area contributed by atoms with E-state index in [2.05, 4.69) is 20.6 Å². The Kier molecular flexibility index (Phi) is 5.75. The van der Waals surface area contributed by atoms with E-state index in [4.69, 9.17) is 0 Å². The molecule has 1 amide bonds. The van der Waals surface area contributed by atoms with Crippen LogP contribution in [0.5, 0.6) is 0 Å². The molecule has 0 radical (unpaired) electrons. The van der Waals surface area contributed by atoms with E-state index < -0.39 is 11.6 Å². The number of anilines is 2. The fraction of sp³-hybridized carbons (Fsp3) is 0.421. The standard InChI is InChI=1S/C19H22F2N4O/c1-12-22-17(19(26)24-14-6-4-2-3-5-7-14)11-18(23-12)25-16-9-8-13(20)10-15(16)21/h8-11,14H,2-7H2,1H3,(H,24,26)(H,22,23,25). The summed E-state index contributed by atoms with van der Waals surface area (Å²) >= 11 is 0. The molecule has 0 unspecified atom stereocenters. The van der Waals surface area contributed by atoms with Gasteiger partial charge in [0.2, 0.25) is 0 Å². The van der Waals surface area contributed by atoms with Crippen LogP contribution >= 0.6 is 0 Å². The Labute approximate surface area is 151 Å². The Morgan fingerprint density at radius 3 is 2.50 bits per heavy atom. The van der Waals surface area contributed by atoms with Crippen LogP contribution in [0.1, 0.15) is 54.8 Å². The van der Waals surface area contributed by atoms with E-state index in [0.29, 0.717) is 5.82 Å². The van der Waals surface area contributed by atoms with Crippen LogP contribution in [0.2, 0.25) is 0 Å². The van der Waals surface area contributed by atoms with Crippen molar-refractivity contribution in [1.82, 2.24) is 15.3 Å². The lowest BCUT2D eigenvalue weighted by Crippen LogP contribution is -2.35. The Hall–Kier alpha value is -2.57. The number of benzene rings is 1. The molecule has 0 saturated heterocycles. The molecule has 5 nitrogen and oxygen atoms in total. The first-order chi connectivity index (χ1) is 12.5. The zero-order chi connectivity index (χ0) is 18.5. The highest BCUT2D eigenvalue weighted by Gasteiger charge is 2.18. The third-order valence-corrected chi connectivity index (χ3v) is 4.45. The summed E-state index contributed by atoms with van der Waals surface area (Å²) in [6.45, 7) is 1.66. The van der Waals surface area contributed by atoms with E-state index in [0.717, 1.165) is 37.8 Å². The number of amides is 1. The monoisotopic (exact) mass is 360 g/mol. The lowest BCUT2D eigenvalue weighted by molar-refractivity contribution is 0.0928. The highest BCUT2D eigenvalue weighted by molar-refractivity contribution is 5.93. The molecule has 1 aliphatic carbocycles. The second-order valence-corrected chi connectivity index (χ2v) is 6.60. The van der Waals surface area contributed by atoms with Gasteiger partial charge in [-0.3, -0.25) is 4.79 Å². The van der Waals surface area contributed by atoms with Gasteiger partial charge in [0.15, 0.2) is 0 Å². The molecule has 0 aliphatic heterocycles. The van der Waals surface area contributed by atoms with Crippen molar-refractivity contribution in [3.8, 4) is 0 Å². The van der Waals surface area contributed by atoms with Crippen molar-refractivity contribution in [1.29, 1.82) is 0 Å². The molecule has 2 N–H and O–H groups in total. The van der Waals surface area contributed by atoms with Crippen molar-refractivity contribution in [3.05, 3.63) is 47.4 Å². The fourth-order valence-electron chi connectivity index (χ4n) is 3.16. The maximum Gasteiger partial charge on any atom is 0.270 e. The van der Waals surface area contributed by atoms with Crippen LogP contribution < -0.4 is 10.6 Å².